The van der Waals surface area contributed by atoms with Crippen LogP contribution in [0.1, 0.15) is 22.7 Å². The summed E-state index contributed by atoms with van der Waals surface area (Å²) in [6.45, 7) is 1.71. The van der Waals surface area contributed by atoms with E-state index in [1.807, 2.05) is 0 Å². The Morgan fingerprint density at radius 1 is 1.17 bits per heavy atom. The molecule has 1 heterocycles. The smallest absolute Gasteiger partial charge is 0.414 e. The SMILES string of the molecule is Cc1c(C(N)c2cccc(S(N)(=O)=O)c2)c(=O)oc2cc(OC(=O)N(C)C)ccc12. The largest absolute Gasteiger partial charge is 0.422 e. The maximum atomic E-state index is 12.7. The number of hydrogen-bond donors (Lipinski definition) is 2. The van der Waals surface area contributed by atoms with Crippen LogP contribution in [0.25, 0.3) is 11.0 Å². The summed E-state index contributed by atoms with van der Waals surface area (Å²) in [4.78, 5) is 25.6. The Labute approximate surface area is 172 Å². The summed E-state index contributed by atoms with van der Waals surface area (Å²) in [5.41, 5.74) is 6.99. The van der Waals surface area contributed by atoms with Crippen molar-refractivity contribution in [1.82, 2.24) is 4.90 Å². The summed E-state index contributed by atoms with van der Waals surface area (Å²) in [7, 11) is -0.823. The van der Waals surface area contributed by atoms with Crippen molar-refractivity contribution in [2.45, 2.75) is 17.9 Å². The third-order valence-electron chi connectivity index (χ3n) is 4.61. The van der Waals surface area contributed by atoms with E-state index in [1.54, 1.807) is 39.2 Å². The third-order valence-corrected chi connectivity index (χ3v) is 5.52. The van der Waals surface area contributed by atoms with Crippen molar-refractivity contribution in [1.29, 1.82) is 0 Å². The summed E-state index contributed by atoms with van der Waals surface area (Å²) < 4.78 is 33.8. The van der Waals surface area contributed by atoms with Crippen LogP contribution in [-0.4, -0.2) is 33.5 Å². The first-order chi connectivity index (χ1) is 14.0. The lowest BCUT2D eigenvalue weighted by Gasteiger charge is -2.16. The molecule has 0 radical (unpaired) electrons. The van der Waals surface area contributed by atoms with Gasteiger partial charge in [0.1, 0.15) is 11.3 Å². The minimum Gasteiger partial charge on any atom is -0.422 e. The van der Waals surface area contributed by atoms with Crippen molar-refractivity contribution in [3.05, 3.63) is 69.6 Å². The first kappa shape index (κ1) is 21.5. The molecule has 0 aliphatic rings. The van der Waals surface area contributed by atoms with Gasteiger partial charge in [-0.15, -0.1) is 0 Å². The van der Waals surface area contributed by atoms with E-state index in [9.17, 15) is 18.0 Å². The molecule has 1 aromatic heterocycles. The summed E-state index contributed by atoms with van der Waals surface area (Å²) in [6, 6.07) is 9.52. The Kier molecular flexibility index (Phi) is 5.66. The lowest BCUT2D eigenvalue weighted by atomic mass is 9.95. The number of hydrogen-bond acceptors (Lipinski definition) is 7. The highest BCUT2D eigenvalue weighted by Gasteiger charge is 2.21. The quantitative estimate of drug-likeness (QED) is 0.599. The molecule has 0 bridgehead atoms. The number of ether oxygens (including phenoxy) is 1. The van der Waals surface area contributed by atoms with Crippen molar-refractivity contribution in [3.63, 3.8) is 0 Å². The van der Waals surface area contributed by atoms with Gasteiger partial charge in [0, 0.05) is 25.5 Å². The number of aryl methyl sites for hydroxylation is 1. The standard InChI is InChI=1S/C20H21N3O6S/c1-11-15-8-7-13(28-20(25)23(2)3)10-16(15)29-19(24)17(11)18(21)12-5-4-6-14(9-12)30(22,26)27/h4-10,18H,21H2,1-3H3,(H2,22,26,27). The number of nitrogens with two attached hydrogens (primary N) is 2. The molecular weight excluding hydrogens is 410 g/mol. The second kappa shape index (κ2) is 7.90. The molecule has 1 unspecified atom stereocenters. The number of amides is 1. The number of carbonyl (C=O) groups is 1. The van der Waals surface area contributed by atoms with Gasteiger partial charge in [-0.25, -0.2) is 23.1 Å². The van der Waals surface area contributed by atoms with Crippen molar-refractivity contribution in [2.75, 3.05) is 14.1 Å². The van der Waals surface area contributed by atoms with E-state index < -0.39 is 27.8 Å². The van der Waals surface area contributed by atoms with Gasteiger partial charge in [-0.1, -0.05) is 12.1 Å². The van der Waals surface area contributed by atoms with Gasteiger partial charge in [0.15, 0.2) is 0 Å². The zero-order chi connectivity index (χ0) is 22.2. The molecule has 3 rings (SSSR count). The van der Waals surface area contributed by atoms with Crippen molar-refractivity contribution >= 4 is 27.1 Å². The number of benzene rings is 2. The van der Waals surface area contributed by atoms with Gasteiger partial charge in [0.05, 0.1) is 16.5 Å². The Morgan fingerprint density at radius 3 is 2.50 bits per heavy atom. The molecule has 0 aliphatic carbocycles. The number of rotatable bonds is 4. The lowest BCUT2D eigenvalue weighted by Crippen LogP contribution is -2.25. The fourth-order valence-electron chi connectivity index (χ4n) is 3.02. The molecule has 1 atom stereocenters. The first-order valence-corrected chi connectivity index (χ1v) is 10.4. The van der Waals surface area contributed by atoms with Gasteiger partial charge < -0.3 is 19.8 Å². The lowest BCUT2D eigenvalue weighted by molar-refractivity contribution is 0.172. The molecule has 30 heavy (non-hydrogen) atoms. The van der Waals surface area contributed by atoms with Gasteiger partial charge in [0.2, 0.25) is 10.0 Å². The molecule has 3 aromatic rings. The van der Waals surface area contributed by atoms with Gasteiger partial charge in [-0.2, -0.15) is 0 Å². The molecule has 10 heteroatoms. The van der Waals surface area contributed by atoms with Gasteiger partial charge in [0.25, 0.3) is 0 Å². The zero-order valence-electron chi connectivity index (χ0n) is 16.6. The van der Waals surface area contributed by atoms with Gasteiger partial charge in [-0.3, -0.25) is 0 Å². The van der Waals surface area contributed by atoms with Crippen LogP contribution in [0.5, 0.6) is 5.75 Å². The minimum atomic E-state index is -3.92. The zero-order valence-corrected chi connectivity index (χ0v) is 17.4. The van der Waals surface area contributed by atoms with Crippen LogP contribution in [0.3, 0.4) is 0 Å². The molecule has 0 aliphatic heterocycles. The highest BCUT2D eigenvalue weighted by atomic mass is 32.2. The second-order valence-corrected chi connectivity index (χ2v) is 8.51. The monoisotopic (exact) mass is 431 g/mol. The predicted octanol–water partition coefficient (Wildman–Crippen LogP) is 1.86. The number of fused-ring (bicyclic) bond motifs is 1. The Bertz CT molecular complexity index is 1300. The second-order valence-electron chi connectivity index (χ2n) is 6.94. The molecule has 0 fully saturated rings. The average Bonchev–Trinajstić information content (AvgIpc) is 2.67. The van der Waals surface area contributed by atoms with Gasteiger partial charge in [-0.05, 0) is 42.3 Å². The number of sulfonamides is 1. The molecule has 158 valence electrons. The normalized spacial score (nSPS) is 12.6. The van der Waals surface area contributed by atoms with Crippen LogP contribution in [0.2, 0.25) is 0 Å². The molecule has 1 amide bonds. The average molecular weight is 431 g/mol. The third kappa shape index (κ3) is 4.20. The summed E-state index contributed by atoms with van der Waals surface area (Å²) in [5.74, 6) is 0.224. The molecular formula is C20H21N3O6S. The van der Waals surface area contributed by atoms with E-state index in [1.165, 1.54) is 29.2 Å². The van der Waals surface area contributed by atoms with Crippen LogP contribution < -0.4 is 21.2 Å². The summed E-state index contributed by atoms with van der Waals surface area (Å²) in [5, 5.41) is 5.78. The van der Waals surface area contributed by atoms with Crippen molar-refractivity contribution in [2.24, 2.45) is 10.9 Å². The van der Waals surface area contributed by atoms with Crippen LogP contribution in [0.4, 0.5) is 4.79 Å². The molecule has 0 spiro atoms. The van der Waals surface area contributed by atoms with Crippen LogP contribution in [0, 0.1) is 6.92 Å². The Hall–Kier alpha value is -3.21. The molecule has 0 saturated heterocycles. The van der Waals surface area contributed by atoms with Gasteiger partial charge >= 0.3 is 11.7 Å². The number of nitrogens with zero attached hydrogens (tertiary/aromatic N) is 1. The topological polar surface area (TPSA) is 146 Å². The van der Waals surface area contributed by atoms with E-state index in [4.69, 9.17) is 20.0 Å². The Morgan fingerprint density at radius 2 is 1.87 bits per heavy atom. The minimum absolute atomic E-state index is 0.106. The number of primary sulfonamides is 1. The molecule has 0 saturated carbocycles. The van der Waals surface area contributed by atoms with E-state index in [0.29, 0.717) is 16.5 Å². The summed E-state index contributed by atoms with van der Waals surface area (Å²) >= 11 is 0. The molecule has 9 nitrogen and oxygen atoms in total. The van der Waals surface area contributed by atoms with E-state index in [2.05, 4.69) is 0 Å². The van der Waals surface area contributed by atoms with Crippen LogP contribution in [-0.2, 0) is 10.0 Å². The fourth-order valence-corrected chi connectivity index (χ4v) is 3.59. The maximum Gasteiger partial charge on any atom is 0.414 e. The highest BCUT2D eigenvalue weighted by Crippen LogP contribution is 2.29. The highest BCUT2D eigenvalue weighted by molar-refractivity contribution is 7.89. The number of carbonyl (C=O) groups excluding carboxylic acids is 1. The fraction of sp³-hybridized carbons (Fsp3) is 0.200. The Balaban J connectivity index is 2.07. The van der Waals surface area contributed by atoms with Crippen LogP contribution in [0.15, 0.2) is 56.6 Å². The van der Waals surface area contributed by atoms with E-state index >= 15 is 0 Å². The predicted molar refractivity (Wildman–Crippen MR) is 111 cm³/mol. The first-order valence-electron chi connectivity index (χ1n) is 8.84. The van der Waals surface area contributed by atoms with E-state index in [0.717, 1.165) is 0 Å². The van der Waals surface area contributed by atoms with Crippen molar-refractivity contribution < 1.29 is 22.4 Å². The maximum absolute atomic E-state index is 12.7. The van der Waals surface area contributed by atoms with Crippen molar-refractivity contribution in [3.8, 4) is 5.75 Å². The van der Waals surface area contributed by atoms with Crippen LogP contribution >= 0.6 is 0 Å². The summed E-state index contributed by atoms with van der Waals surface area (Å²) in [6.07, 6.45) is -0.568. The molecule has 2 aromatic carbocycles. The molecule has 4 N–H and O–H groups in total. The van der Waals surface area contributed by atoms with E-state index in [-0.39, 0.29) is 21.8 Å².